The second-order valence-corrected chi connectivity index (χ2v) is 15.0. The highest BCUT2D eigenvalue weighted by Gasteiger charge is 2.30. The number of carbonyl (C=O) groups excluding carboxylic acids is 2. The van der Waals surface area contributed by atoms with Crippen molar-refractivity contribution in [3.63, 3.8) is 0 Å². The summed E-state index contributed by atoms with van der Waals surface area (Å²) in [5, 5.41) is 42.3. The minimum Gasteiger partial charge on any atom is -0.496 e. The number of pyridine rings is 1. The summed E-state index contributed by atoms with van der Waals surface area (Å²) in [6, 6.07) is 21.2. The van der Waals surface area contributed by atoms with Crippen LogP contribution in [0.25, 0.3) is 10.8 Å². The Morgan fingerprint density at radius 2 is 1.40 bits per heavy atom. The van der Waals surface area contributed by atoms with Crippen LogP contribution in [0.2, 0.25) is 0 Å². The number of nitrogens with one attached hydrogen (secondary N) is 5. The van der Waals surface area contributed by atoms with E-state index in [0.29, 0.717) is 40.1 Å². The summed E-state index contributed by atoms with van der Waals surface area (Å²) in [4.78, 5) is 31.2. The van der Waals surface area contributed by atoms with Gasteiger partial charge in [-0.15, -0.1) is 0 Å². The third-order valence-corrected chi connectivity index (χ3v) is 9.77. The maximum absolute atomic E-state index is 13.5. The van der Waals surface area contributed by atoms with Crippen molar-refractivity contribution in [3.05, 3.63) is 90.1 Å². The molecule has 0 atom stereocenters. The number of hydrogen-bond donors (Lipinski definition) is 8. The van der Waals surface area contributed by atoms with E-state index < -0.39 is 37.2 Å². The predicted octanol–water partition coefficient (Wildman–Crippen LogP) is 7.12. The molecule has 1 heterocycles. The SMILES string of the molecule is COc1cc(Nc2cc(Oc3ccc(NC(=O)Nc4cc(C(C)(C)C)cc(NSC)c4OC)c4ccccc34)ccn2)cc(OC)c1C(=O)NCC(CO)(CO)CO. The number of urea groups is 1. The monoisotopic (exact) mass is 814 g/mol. The van der Waals surface area contributed by atoms with Crippen LogP contribution in [0.3, 0.4) is 0 Å². The van der Waals surface area contributed by atoms with Gasteiger partial charge in [0.1, 0.15) is 34.4 Å². The number of aromatic nitrogens is 1. The molecule has 0 saturated heterocycles. The molecule has 0 radical (unpaired) electrons. The zero-order chi connectivity index (χ0) is 42.0. The molecule has 5 aromatic rings. The molecule has 58 heavy (non-hydrogen) atoms. The Kier molecular flexibility index (Phi) is 14.1. The van der Waals surface area contributed by atoms with Crippen molar-refractivity contribution >= 4 is 63.2 Å². The lowest BCUT2D eigenvalue weighted by atomic mass is 9.86. The lowest BCUT2D eigenvalue weighted by Gasteiger charge is -2.27. The number of aliphatic hydroxyl groups is 3. The molecule has 0 bridgehead atoms. The molecular weight excluding hydrogens is 765 g/mol. The largest absolute Gasteiger partial charge is 0.496 e. The first-order valence-electron chi connectivity index (χ1n) is 18.2. The van der Waals surface area contributed by atoms with E-state index in [1.165, 1.54) is 26.2 Å². The van der Waals surface area contributed by atoms with Crippen LogP contribution in [0.5, 0.6) is 28.7 Å². The number of hydrogen-bond acceptors (Lipinski definition) is 13. The molecule has 5 rings (SSSR count). The highest BCUT2D eigenvalue weighted by atomic mass is 32.2. The second kappa shape index (κ2) is 19.0. The molecule has 0 aliphatic heterocycles. The summed E-state index contributed by atoms with van der Waals surface area (Å²) < 4.78 is 26.4. The lowest BCUT2D eigenvalue weighted by Crippen LogP contribution is -2.45. The Morgan fingerprint density at radius 1 is 0.759 bits per heavy atom. The van der Waals surface area contributed by atoms with Crippen molar-refractivity contribution < 1.29 is 43.9 Å². The number of anilines is 5. The minimum absolute atomic E-state index is 0.0812. The Hall–Kier alpha value is -5.94. The van der Waals surface area contributed by atoms with E-state index in [-0.39, 0.29) is 29.0 Å². The smallest absolute Gasteiger partial charge is 0.323 e. The third-order valence-electron chi connectivity index (χ3n) is 9.35. The zero-order valence-electron chi connectivity index (χ0n) is 33.5. The Bertz CT molecular complexity index is 2210. The number of fused-ring (bicyclic) bond motifs is 1. The van der Waals surface area contributed by atoms with Crippen LogP contribution in [0.15, 0.2) is 79.0 Å². The highest BCUT2D eigenvalue weighted by molar-refractivity contribution is 7.99. The molecule has 8 N–H and O–H groups in total. The van der Waals surface area contributed by atoms with Crippen LogP contribution in [-0.2, 0) is 5.41 Å². The van der Waals surface area contributed by atoms with Crippen molar-refractivity contribution in [1.29, 1.82) is 0 Å². The van der Waals surface area contributed by atoms with E-state index in [4.69, 9.17) is 18.9 Å². The summed E-state index contributed by atoms with van der Waals surface area (Å²) in [5.41, 5.74) is 1.95. The van der Waals surface area contributed by atoms with E-state index >= 15 is 0 Å². The molecule has 0 fully saturated rings. The Labute approximate surface area is 341 Å². The van der Waals surface area contributed by atoms with E-state index in [1.807, 2.05) is 42.7 Å². The van der Waals surface area contributed by atoms with Crippen LogP contribution in [0.4, 0.5) is 33.4 Å². The molecule has 0 aliphatic carbocycles. The number of nitrogens with zero attached hydrogens (tertiary/aromatic N) is 1. The van der Waals surface area contributed by atoms with Gasteiger partial charge in [0, 0.05) is 53.7 Å². The van der Waals surface area contributed by atoms with Crippen molar-refractivity contribution in [3.8, 4) is 28.7 Å². The average Bonchev–Trinajstić information content (AvgIpc) is 3.21. The van der Waals surface area contributed by atoms with Gasteiger partial charge in [0.15, 0.2) is 5.75 Å². The van der Waals surface area contributed by atoms with Crippen molar-refractivity contribution in [1.82, 2.24) is 10.3 Å². The average molecular weight is 815 g/mol. The number of ether oxygens (including phenoxy) is 4. The first-order valence-corrected chi connectivity index (χ1v) is 19.4. The zero-order valence-corrected chi connectivity index (χ0v) is 34.3. The molecule has 4 aromatic carbocycles. The van der Waals surface area contributed by atoms with E-state index in [0.717, 1.165) is 22.0 Å². The molecule has 308 valence electrons. The molecule has 16 heteroatoms. The van der Waals surface area contributed by atoms with Crippen LogP contribution in [0.1, 0.15) is 36.7 Å². The van der Waals surface area contributed by atoms with Crippen molar-refractivity contribution in [2.24, 2.45) is 5.41 Å². The van der Waals surface area contributed by atoms with Gasteiger partial charge in [0.05, 0.1) is 63.6 Å². The topological polar surface area (TPSA) is 205 Å². The lowest BCUT2D eigenvalue weighted by molar-refractivity contribution is 0.00696. The summed E-state index contributed by atoms with van der Waals surface area (Å²) in [6.45, 7) is 4.51. The van der Waals surface area contributed by atoms with E-state index in [1.54, 1.807) is 49.7 Å². The molecule has 1 aromatic heterocycles. The maximum atomic E-state index is 13.5. The van der Waals surface area contributed by atoms with Gasteiger partial charge in [0.25, 0.3) is 5.91 Å². The number of amides is 3. The summed E-state index contributed by atoms with van der Waals surface area (Å²) in [5.74, 6) is 1.70. The van der Waals surface area contributed by atoms with Crippen molar-refractivity contribution in [2.75, 3.05) is 74.6 Å². The van der Waals surface area contributed by atoms with Gasteiger partial charge in [-0.3, -0.25) is 4.79 Å². The summed E-state index contributed by atoms with van der Waals surface area (Å²) in [7, 11) is 4.37. The first-order chi connectivity index (χ1) is 27.8. The van der Waals surface area contributed by atoms with Crippen molar-refractivity contribution in [2.45, 2.75) is 26.2 Å². The molecule has 15 nitrogen and oxygen atoms in total. The molecule has 0 saturated carbocycles. The number of aliphatic hydroxyl groups excluding tert-OH is 3. The number of rotatable bonds is 17. The molecule has 0 spiro atoms. The third kappa shape index (κ3) is 9.95. The second-order valence-electron chi connectivity index (χ2n) is 14.4. The maximum Gasteiger partial charge on any atom is 0.323 e. The molecule has 3 amide bonds. The van der Waals surface area contributed by atoms with Gasteiger partial charge < -0.3 is 60.3 Å². The van der Waals surface area contributed by atoms with Gasteiger partial charge in [-0.05, 0) is 41.3 Å². The van der Waals surface area contributed by atoms with Gasteiger partial charge in [-0.2, -0.15) is 0 Å². The van der Waals surface area contributed by atoms with Crippen LogP contribution >= 0.6 is 11.9 Å². The van der Waals surface area contributed by atoms with Gasteiger partial charge in [-0.25, -0.2) is 9.78 Å². The highest BCUT2D eigenvalue weighted by Crippen LogP contribution is 2.41. The number of methoxy groups -OCH3 is 3. The Morgan fingerprint density at radius 3 is 2.00 bits per heavy atom. The first kappa shape index (κ1) is 43.2. The quantitative estimate of drug-likeness (QED) is 0.0441. The summed E-state index contributed by atoms with van der Waals surface area (Å²) in [6.07, 6.45) is 3.50. The fourth-order valence-electron chi connectivity index (χ4n) is 6.01. The fourth-order valence-corrected chi connectivity index (χ4v) is 6.38. The number of benzene rings is 4. The normalized spacial score (nSPS) is 11.4. The molecule has 0 unspecified atom stereocenters. The molecular formula is C42H50N6O9S. The predicted molar refractivity (Wildman–Crippen MR) is 229 cm³/mol. The van der Waals surface area contributed by atoms with Gasteiger partial charge in [0.2, 0.25) is 0 Å². The van der Waals surface area contributed by atoms with Crippen LogP contribution in [0, 0.1) is 5.41 Å². The Balaban J connectivity index is 1.35. The van der Waals surface area contributed by atoms with E-state index in [9.17, 15) is 24.9 Å². The van der Waals surface area contributed by atoms with Gasteiger partial charge >= 0.3 is 6.03 Å². The van der Waals surface area contributed by atoms with E-state index in [2.05, 4.69) is 51.7 Å². The molecule has 0 aliphatic rings. The standard InChI is InChI=1S/C42H50N6O9S/c1-41(2,3)25-16-31(38(56-6)32(17-25)48-58-7)47-40(53)46-30-12-13-33(29-11-9-8-10-28(29)30)57-27-14-15-43-36(20-27)45-26-18-34(54-4)37(35(19-26)55-5)39(52)44-21-42(22-49,23-50)24-51/h8-20,48-51H,21-24H2,1-7H3,(H,43,45)(H,44,52)(H2,46,47,53). The fraction of sp³-hybridized carbons (Fsp3) is 0.310. The summed E-state index contributed by atoms with van der Waals surface area (Å²) >= 11 is 1.43. The van der Waals surface area contributed by atoms with Gasteiger partial charge in [-0.1, -0.05) is 57.0 Å². The minimum atomic E-state index is -1.30. The van der Waals surface area contributed by atoms with Crippen LogP contribution in [-0.4, -0.2) is 86.2 Å². The number of carbonyl (C=O) groups is 2. The van der Waals surface area contributed by atoms with Crippen LogP contribution < -0.4 is 44.9 Å².